The third-order valence-electron chi connectivity index (χ3n) is 4.76. The Hall–Kier alpha value is -2.04. The van der Waals surface area contributed by atoms with Crippen LogP contribution >= 0.6 is 0 Å². The van der Waals surface area contributed by atoms with Crippen LogP contribution in [0.4, 0.5) is 4.79 Å². The predicted molar refractivity (Wildman–Crippen MR) is 80.1 cm³/mol. The first-order chi connectivity index (χ1) is 10.6. The number of nitrogens with one attached hydrogen (secondary N) is 1. The van der Waals surface area contributed by atoms with Crippen LogP contribution < -0.4 is 5.32 Å². The molecule has 5 heteroatoms. The molecule has 0 bridgehead atoms. The largest absolute Gasteiger partial charge is 0.481 e. The highest BCUT2D eigenvalue weighted by Crippen LogP contribution is 2.55. The van der Waals surface area contributed by atoms with Gasteiger partial charge in [-0.25, -0.2) is 4.79 Å². The van der Waals surface area contributed by atoms with Crippen molar-refractivity contribution in [2.75, 3.05) is 0 Å². The summed E-state index contributed by atoms with van der Waals surface area (Å²) in [6, 6.07) is 9.11. The molecule has 2 saturated carbocycles. The number of alkyl carbamates (subject to hydrolysis) is 1. The Morgan fingerprint density at radius 3 is 2.50 bits per heavy atom. The van der Waals surface area contributed by atoms with Gasteiger partial charge in [-0.2, -0.15) is 0 Å². The molecule has 2 aliphatic carbocycles. The first kappa shape index (κ1) is 14.9. The van der Waals surface area contributed by atoms with E-state index in [0.29, 0.717) is 0 Å². The van der Waals surface area contributed by atoms with Crippen LogP contribution in [0, 0.1) is 17.8 Å². The average molecular weight is 303 g/mol. The van der Waals surface area contributed by atoms with E-state index in [4.69, 9.17) is 9.84 Å². The molecular weight excluding hydrogens is 282 g/mol. The highest BCUT2D eigenvalue weighted by Gasteiger charge is 2.48. The lowest BCUT2D eigenvalue weighted by atomic mass is 9.92. The molecule has 0 saturated heterocycles. The van der Waals surface area contributed by atoms with Gasteiger partial charge in [0, 0.05) is 6.04 Å². The molecule has 1 amide bonds. The van der Waals surface area contributed by atoms with Gasteiger partial charge >= 0.3 is 12.1 Å². The minimum Gasteiger partial charge on any atom is -0.481 e. The molecule has 3 rings (SSSR count). The Kier molecular flexibility index (Phi) is 4.32. The second-order valence-corrected chi connectivity index (χ2v) is 6.40. The Morgan fingerprint density at radius 2 is 1.86 bits per heavy atom. The first-order valence-corrected chi connectivity index (χ1v) is 7.81. The third kappa shape index (κ3) is 3.78. The monoisotopic (exact) mass is 303 g/mol. The van der Waals surface area contributed by atoms with Gasteiger partial charge in [0.05, 0.1) is 6.42 Å². The smallest absolute Gasteiger partial charge is 0.407 e. The maximum Gasteiger partial charge on any atom is 0.407 e. The number of rotatable bonds is 6. The molecule has 0 radical (unpaired) electrons. The molecule has 0 spiro atoms. The third-order valence-corrected chi connectivity index (χ3v) is 4.76. The van der Waals surface area contributed by atoms with E-state index in [1.807, 2.05) is 30.3 Å². The Morgan fingerprint density at radius 1 is 1.18 bits per heavy atom. The zero-order valence-corrected chi connectivity index (χ0v) is 12.4. The van der Waals surface area contributed by atoms with E-state index in [1.165, 1.54) is 6.42 Å². The number of hydrogen-bond donors (Lipinski definition) is 2. The number of benzene rings is 1. The van der Waals surface area contributed by atoms with Crippen LogP contribution in [0.25, 0.3) is 0 Å². The molecule has 3 atom stereocenters. The first-order valence-electron chi connectivity index (χ1n) is 7.81. The van der Waals surface area contributed by atoms with Crippen molar-refractivity contribution >= 4 is 12.1 Å². The lowest BCUT2D eigenvalue weighted by molar-refractivity contribution is -0.137. The Bertz CT molecular complexity index is 535. The number of carboxylic acids is 1. The molecule has 0 aromatic heterocycles. The van der Waals surface area contributed by atoms with Gasteiger partial charge < -0.3 is 15.2 Å². The summed E-state index contributed by atoms with van der Waals surface area (Å²) in [5.41, 5.74) is 0.912. The summed E-state index contributed by atoms with van der Waals surface area (Å²) < 4.78 is 5.19. The van der Waals surface area contributed by atoms with E-state index in [2.05, 4.69) is 5.32 Å². The quantitative estimate of drug-likeness (QED) is 0.847. The van der Waals surface area contributed by atoms with Crippen LogP contribution in [0.15, 0.2) is 30.3 Å². The van der Waals surface area contributed by atoms with Gasteiger partial charge in [-0.3, -0.25) is 4.79 Å². The van der Waals surface area contributed by atoms with Gasteiger partial charge in [0.15, 0.2) is 0 Å². The van der Waals surface area contributed by atoms with Gasteiger partial charge in [0.1, 0.15) is 6.61 Å². The molecule has 0 aliphatic heterocycles. The molecule has 2 aliphatic rings. The van der Waals surface area contributed by atoms with Crippen LogP contribution in [0.3, 0.4) is 0 Å². The van der Waals surface area contributed by atoms with Crippen LogP contribution in [0.1, 0.15) is 31.2 Å². The number of fused-ring (bicyclic) bond motifs is 1. The van der Waals surface area contributed by atoms with E-state index in [0.717, 1.165) is 30.2 Å². The van der Waals surface area contributed by atoms with Gasteiger partial charge in [-0.1, -0.05) is 30.3 Å². The minimum atomic E-state index is -0.881. The lowest BCUT2D eigenvalue weighted by Crippen LogP contribution is -2.41. The average Bonchev–Trinajstić information content (AvgIpc) is 3.11. The van der Waals surface area contributed by atoms with Crippen molar-refractivity contribution in [2.24, 2.45) is 17.8 Å². The number of amides is 1. The molecule has 118 valence electrons. The molecule has 0 heterocycles. The van der Waals surface area contributed by atoms with Gasteiger partial charge in [0.2, 0.25) is 0 Å². The normalized spacial score (nSPS) is 26.8. The number of ether oxygens (including phenoxy) is 1. The summed E-state index contributed by atoms with van der Waals surface area (Å²) >= 11 is 0. The van der Waals surface area contributed by atoms with Gasteiger partial charge in [-0.15, -0.1) is 0 Å². The summed E-state index contributed by atoms with van der Waals surface area (Å²) in [5, 5.41) is 11.8. The van der Waals surface area contributed by atoms with Crippen LogP contribution in [0.5, 0.6) is 0 Å². The van der Waals surface area contributed by atoms with E-state index in [1.54, 1.807) is 0 Å². The van der Waals surface area contributed by atoms with E-state index >= 15 is 0 Å². The fraction of sp³-hybridized carbons (Fsp3) is 0.529. The SMILES string of the molecule is O=C(O)CC(NC(=O)OCc1ccccc1)C1CC2CC2C1. The second-order valence-electron chi connectivity index (χ2n) is 6.40. The number of carbonyl (C=O) groups is 2. The molecule has 2 N–H and O–H groups in total. The van der Waals surface area contributed by atoms with Crippen molar-refractivity contribution in [1.82, 2.24) is 5.32 Å². The van der Waals surface area contributed by atoms with Crippen molar-refractivity contribution in [3.05, 3.63) is 35.9 Å². The number of aliphatic carboxylic acids is 1. The summed E-state index contributed by atoms with van der Waals surface area (Å²) in [4.78, 5) is 23.0. The molecule has 3 unspecified atom stereocenters. The predicted octanol–water partition coefficient (Wildman–Crippen LogP) is 2.80. The second kappa shape index (κ2) is 6.38. The fourth-order valence-electron chi connectivity index (χ4n) is 3.53. The number of hydrogen-bond acceptors (Lipinski definition) is 3. The van der Waals surface area contributed by atoms with Crippen molar-refractivity contribution in [3.8, 4) is 0 Å². The van der Waals surface area contributed by atoms with Gasteiger partial charge in [-0.05, 0) is 42.6 Å². The van der Waals surface area contributed by atoms with Crippen LogP contribution in [0.2, 0.25) is 0 Å². The lowest BCUT2D eigenvalue weighted by Gasteiger charge is -2.24. The van der Waals surface area contributed by atoms with Crippen molar-refractivity contribution in [3.63, 3.8) is 0 Å². The van der Waals surface area contributed by atoms with Crippen LogP contribution in [-0.4, -0.2) is 23.2 Å². The van der Waals surface area contributed by atoms with E-state index < -0.39 is 12.1 Å². The summed E-state index contributed by atoms with van der Waals surface area (Å²) in [7, 11) is 0. The molecular formula is C17H21NO4. The Balaban J connectivity index is 1.50. The van der Waals surface area contributed by atoms with E-state index in [-0.39, 0.29) is 25.0 Å². The van der Waals surface area contributed by atoms with Crippen LogP contribution in [-0.2, 0) is 16.1 Å². The van der Waals surface area contributed by atoms with Crippen molar-refractivity contribution in [2.45, 2.75) is 38.3 Å². The van der Waals surface area contributed by atoms with Gasteiger partial charge in [0.25, 0.3) is 0 Å². The fourth-order valence-corrected chi connectivity index (χ4v) is 3.53. The zero-order chi connectivity index (χ0) is 15.5. The standard InChI is InChI=1S/C17H21NO4/c19-16(20)9-15(14-7-12-6-13(12)8-14)18-17(21)22-10-11-4-2-1-3-5-11/h1-5,12-15H,6-10H2,(H,18,21)(H,19,20). The molecule has 22 heavy (non-hydrogen) atoms. The highest BCUT2D eigenvalue weighted by atomic mass is 16.5. The maximum atomic E-state index is 11.9. The summed E-state index contributed by atoms with van der Waals surface area (Å²) in [6.45, 7) is 0.197. The van der Waals surface area contributed by atoms with Crippen molar-refractivity contribution in [1.29, 1.82) is 0 Å². The molecule has 1 aromatic carbocycles. The highest BCUT2D eigenvalue weighted by molar-refractivity contribution is 5.71. The van der Waals surface area contributed by atoms with Crippen molar-refractivity contribution < 1.29 is 19.4 Å². The molecule has 2 fully saturated rings. The number of carboxylic acid groups (broad SMARTS) is 1. The topological polar surface area (TPSA) is 75.6 Å². The minimum absolute atomic E-state index is 0.0372. The Labute approximate surface area is 129 Å². The zero-order valence-electron chi connectivity index (χ0n) is 12.4. The molecule has 5 nitrogen and oxygen atoms in total. The maximum absolute atomic E-state index is 11.9. The molecule has 1 aromatic rings. The number of carbonyl (C=O) groups excluding carboxylic acids is 1. The summed E-state index contributed by atoms with van der Waals surface area (Å²) in [6.07, 6.45) is 2.76. The summed E-state index contributed by atoms with van der Waals surface area (Å²) in [5.74, 6) is 0.893. The van der Waals surface area contributed by atoms with E-state index in [9.17, 15) is 9.59 Å².